The van der Waals surface area contributed by atoms with E-state index in [0.717, 1.165) is 47.9 Å². The molecule has 0 spiro atoms. The number of hydrogen-bond acceptors (Lipinski definition) is 2. The van der Waals surface area contributed by atoms with E-state index in [1.54, 1.807) is 12.1 Å². The molecule has 28 heavy (non-hydrogen) atoms. The molecule has 2 rings (SSSR count). The van der Waals surface area contributed by atoms with Crippen molar-refractivity contribution in [1.29, 1.82) is 0 Å². The molecule has 0 heterocycles. The molecule has 3 nitrogen and oxygen atoms in total. The Morgan fingerprint density at radius 3 is 1.89 bits per heavy atom. The van der Waals surface area contributed by atoms with Gasteiger partial charge >= 0.3 is 5.97 Å². The zero-order valence-electron chi connectivity index (χ0n) is 17.3. The Kier molecular flexibility index (Phi) is 9.06. The number of rotatable bonds is 12. The van der Waals surface area contributed by atoms with E-state index in [-0.39, 0.29) is 0 Å². The maximum Gasteiger partial charge on any atom is 0.335 e. The first-order chi connectivity index (χ1) is 13.6. The van der Waals surface area contributed by atoms with E-state index < -0.39 is 5.97 Å². The fraction of sp³-hybridized carbons (Fsp3) is 0.480. The summed E-state index contributed by atoms with van der Waals surface area (Å²) in [6.45, 7) is 4.40. The minimum Gasteiger partial charge on any atom is -0.508 e. The van der Waals surface area contributed by atoms with Crippen LogP contribution in [0, 0.1) is 0 Å². The lowest BCUT2D eigenvalue weighted by molar-refractivity contribution is 0.0697. The van der Waals surface area contributed by atoms with Crippen molar-refractivity contribution >= 4 is 5.97 Å². The molecule has 0 saturated heterocycles. The molecule has 0 unspecified atom stereocenters. The molecule has 3 heteroatoms. The van der Waals surface area contributed by atoms with Crippen molar-refractivity contribution in [2.45, 2.75) is 78.1 Å². The molecule has 0 saturated carbocycles. The fourth-order valence-electron chi connectivity index (χ4n) is 3.63. The molecule has 0 amide bonds. The van der Waals surface area contributed by atoms with Crippen LogP contribution in [0.4, 0.5) is 0 Å². The first-order valence-electron chi connectivity index (χ1n) is 10.7. The Bertz CT molecular complexity index is 747. The van der Waals surface area contributed by atoms with Crippen molar-refractivity contribution in [2.24, 2.45) is 0 Å². The van der Waals surface area contributed by atoms with Gasteiger partial charge < -0.3 is 10.2 Å². The van der Waals surface area contributed by atoms with Gasteiger partial charge in [-0.1, -0.05) is 64.5 Å². The van der Waals surface area contributed by atoms with Crippen molar-refractivity contribution in [2.75, 3.05) is 0 Å². The highest BCUT2D eigenvalue weighted by molar-refractivity contribution is 5.88. The van der Waals surface area contributed by atoms with Gasteiger partial charge in [0, 0.05) is 0 Å². The number of phenolic OH excluding ortho intramolecular Hbond substituents is 1. The molecule has 2 N–H and O–H groups in total. The van der Waals surface area contributed by atoms with E-state index in [4.69, 9.17) is 5.11 Å². The van der Waals surface area contributed by atoms with Crippen LogP contribution in [-0.2, 0) is 12.8 Å². The van der Waals surface area contributed by atoms with Crippen LogP contribution < -0.4 is 0 Å². The lowest BCUT2D eigenvalue weighted by atomic mass is 9.91. The van der Waals surface area contributed by atoms with Crippen LogP contribution in [0.3, 0.4) is 0 Å². The summed E-state index contributed by atoms with van der Waals surface area (Å²) in [4.78, 5) is 11.2. The SMILES string of the molecule is CCCCCCc1cc(-c2ccc(C(=O)O)cc2)c(CCCCCC)cc1O. The number of phenols is 1. The molecule has 0 aromatic heterocycles. The van der Waals surface area contributed by atoms with Gasteiger partial charge in [0.2, 0.25) is 0 Å². The average Bonchev–Trinajstić information content (AvgIpc) is 2.70. The number of carboxylic acid groups (broad SMARTS) is 1. The van der Waals surface area contributed by atoms with Crippen molar-refractivity contribution in [3.05, 3.63) is 53.1 Å². The second-order valence-corrected chi connectivity index (χ2v) is 7.64. The summed E-state index contributed by atoms with van der Waals surface area (Å²) >= 11 is 0. The number of aromatic carboxylic acids is 1. The van der Waals surface area contributed by atoms with Gasteiger partial charge in [-0.25, -0.2) is 4.79 Å². The smallest absolute Gasteiger partial charge is 0.335 e. The Hall–Kier alpha value is -2.29. The van der Waals surface area contributed by atoms with E-state index in [0.29, 0.717) is 11.3 Å². The molecule has 2 aromatic carbocycles. The summed E-state index contributed by atoms with van der Waals surface area (Å²) < 4.78 is 0. The van der Waals surface area contributed by atoms with Gasteiger partial charge in [-0.3, -0.25) is 0 Å². The van der Waals surface area contributed by atoms with Crippen LogP contribution in [0.1, 0.15) is 86.7 Å². The van der Waals surface area contributed by atoms with Crippen LogP contribution in [0.15, 0.2) is 36.4 Å². The van der Waals surface area contributed by atoms with Gasteiger partial charge in [0.15, 0.2) is 0 Å². The highest BCUT2D eigenvalue weighted by atomic mass is 16.4. The summed E-state index contributed by atoms with van der Waals surface area (Å²) in [7, 11) is 0. The fourth-order valence-corrected chi connectivity index (χ4v) is 3.63. The molecule has 2 aromatic rings. The lowest BCUT2D eigenvalue weighted by Gasteiger charge is -2.15. The van der Waals surface area contributed by atoms with Gasteiger partial charge in [-0.05, 0) is 72.2 Å². The van der Waals surface area contributed by atoms with Crippen LogP contribution in [0.5, 0.6) is 5.75 Å². The Labute approximate surface area is 169 Å². The number of hydrogen-bond donors (Lipinski definition) is 2. The molecule has 0 fully saturated rings. The summed E-state index contributed by atoms with van der Waals surface area (Å²) in [6.07, 6.45) is 11.2. The van der Waals surface area contributed by atoms with Gasteiger partial charge in [0.1, 0.15) is 5.75 Å². The van der Waals surface area contributed by atoms with Crippen LogP contribution in [0.25, 0.3) is 11.1 Å². The van der Waals surface area contributed by atoms with Crippen molar-refractivity contribution in [3.63, 3.8) is 0 Å². The monoisotopic (exact) mass is 382 g/mol. The quantitative estimate of drug-likeness (QED) is 0.388. The van der Waals surface area contributed by atoms with Gasteiger partial charge in [0.05, 0.1) is 5.56 Å². The second kappa shape index (κ2) is 11.5. The molecule has 0 aliphatic rings. The summed E-state index contributed by atoms with van der Waals surface area (Å²) in [6, 6.07) is 11.1. The van der Waals surface area contributed by atoms with Crippen molar-refractivity contribution in [1.82, 2.24) is 0 Å². The van der Waals surface area contributed by atoms with Crippen molar-refractivity contribution < 1.29 is 15.0 Å². The maximum absolute atomic E-state index is 11.2. The van der Waals surface area contributed by atoms with Crippen LogP contribution >= 0.6 is 0 Å². The zero-order chi connectivity index (χ0) is 20.4. The summed E-state index contributed by atoms with van der Waals surface area (Å²) in [5, 5.41) is 19.7. The number of carbonyl (C=O) groups is 1. The first-order valence-corrected chi connectivity index (χ1v) is 10.7. The maximum atomic E-state index is 11.2. The molecular weight excluding hydrogens is 348 g/mol. The van der Waals surface area contributed by atoms with Gasteiger partial charge in [-0.15, -0.1) is 0 Å². The third-order valence-corrected chi connectivity index (χ3v) is 5.35. The Morgan fingerprint density at radius 2 is 1.36 bits per heavy atom. The number of unbranched alkanes of at least 4 members (excludes halogenated alkanes) is 6. The lowest BCUT2D eigenvalue weighted by Crippen LogP contribution is -1.98. The molecule has 0 aliphatic carbocycles. The van der Waals surface area contributed by atoms with Gasteiger partial charge in [0.25, 0.3) is 0 Å². The summed E-state index contributed by atoms with van der Waals surface area (Å²) in [5.41, 5.74) is 4.58. The highest BCUT2D eigenvalue weighted by Gasteiger charge is 2.12. The van der Waals surface area contributed by atoms with Crippen molar-refractivity contribution in [3.8, 4) is 16.9 Å². The predicted molar refractivity (Wildman–Crippen MR) is 116 cm³/mol. The zero-order valence-corrected chi connectivity index (χ0v) is 17.3. The third-order valence-electron chi connectivity index (χ3n) is 5.35. The standard InChI is InChI=1S/C25H34O3/c1-3-5-7-9-11-21-18-24(26)22(12-10-8-6-4-2)17-23(21)19-13-15-20(16-14-19)25(27)28/h13-18,26H,3-12H2,1-2H3,(H,27,28). The first kappa shape index (κ1) is 22.0. The minimum atomic E-state index is -0.909. The van der Waals surface area contributed by atoms with Gasteiger partial charge in [-0.2, -0.15) is 0 Å². The molecular formula is C25H34O3. The molecule has 0 bridgehead atoms. The van der Waals surface area contributed by atoms with Crippen LogP contribution in [0.2, 0.25) is 0 Å². The van der Waals surface area contributed by atoms with E-state index in [1.165, 1.54) is 38.5 Å². The van der Waals surface area contributed by atoms with E-state index in [9.17, 15) is 9.90 Å². The number of aromatic hydroxyl groups is 1. The predicted octanol–water partition coefficient (Wildman–Crippen LogP) is 7.00. The second-order valence-electron chi connectivity index (χ2n) is 7.64. The third kappa shape index (κ3) is 6.40. The number of benzene rings is 2. The van der Waals surface area contributed by atoms with E-state index in [1.807, 2.05) is 18.2 Å². The normalized spacial score (nSPS) is 10.9. The molecule has 0 radical (unpaired) electrons. The highest BCUT2D eigenvalue weighted by Crippen LogP contribution is 2.33. The molecule has 152 valence electrons. The minimum absolute atomic E-state index is 0.298. The topological polar surface area (TPSA) is 57.5 Å². The van der Waals surface area contributed by atoms with Crippen LogP contribution in [-0.4, -0.2) is 16.2 Å². The summed E-state index contributed by atoms with van der Waals surface area (Å²) in [5.74, 6) is -0.512. The Morgan fingerprint density at radius 1 is 0.786 bits per heavy atom. The number of aryl methyl sites for hydroxylation is 2. The molecule has 0 aliphatic heterocycles. The Balaban J connectivity index is 2.29. The largest absolute Gasteiger partial charge is 0.508 e. The average molecular weight is 383 g/mol. The number of carboxylic acids is 1. The van der Waals surface area contributed by atoms with E-state index >= 15 is 0 Å². The molecule has 0 atom stereocenters. The van der Waals surface area contributed by atoms with E-state index in [2.05, 4.69) is 19.9 Å².